The molecular weight excluding hydrogens is 209 g/mol. The Labute approximate surface area is 86.7 Å². The van der Waals surface area contributed by atoms with Crippen LogP contribution in [0.2, 0.25) is 5.02 Å². The van der Waals surface area contributed by atoms with Gasteiger partial charge in [-0.3, -0.25) is 0 Å². The Morgan fingerprint density at radius 3 is 2.77 bits per heavy atom. The van der Waals surface area contributed by atoms with E-state index < -0.39 is 0 Å². The van der Waals surface area contributed by atoms with Crippen LogP contribution in [0.25, 0.3) is 0 Å². The molecule has 0 fully saturated rings. The van der Waals surface area contributed by atoms with Crippen LogP contribution in [0, 0.1) is 6.92 Å². The van der Waals surface area contributed by atoms with E-state index in [0.29, 0.717) is 10.7 Å². The summed E-state index contributed by atoms with van der Waals surface area (Å²) in [6.07, 6.45) is 0. The van der Waals surface area contributed by atoms with Gasteiger partial charge in [0.1, 0.15) is 0 Å². The molecule has 0 saturated heterocycles. The van der Waals surface area contributed by atoms with E-state index >= 15 is 0 Å². The van der Waals surface area contributed by atoms with Crippen LogP contribution in [0.15, 0.2) is 22.7 Å². The summed E-state index contributed by atoms with van der Waals surface area (Å²) < 4.78 is 3.24. The zero-order chi connectivity index (χ0) is 9.84. The molecule has 1 aromatic carbocycles. The molecule has 3 nitrogen and oxygen atoms in total. The van der Waals surface area contributed by atoms with Crippen LogP contribution in [0.4, 0.5) is 5.69 Å². The van der Waals surface area contributed by atoms with Gasteiger partial charge < -0.3 is 11.1 Å². The van der Waals surface area contributed by atoms with Gasteiger partial charge in [-0.05, 0) is 24.6 Å². The van der Waals surface area contributed by atoms with Crippen LogP contribution < -0.4 is 11.1 Å². The molecule has 0 saturated carbocycles. The third-order valence-corrected chi connectivity index (χ3v) is 1.97. The van der Waals surface area contributed by atoms with Crippen LogP contribution in [-0.4, -0.2) is 5.96 Å². The maximum atomic E-state index is 5.91. The number of nitrogens with zero attached hydrogens (tertiary/aromatic N) is 1. The molecular formula is C8H9Cl2N3. The molecule has 0 aliphatic heterocycles. The third kappa shape index (κ3) is 2.79. The first-order valence-corrected chi connectivity index (χ1v) is 4.32. The number of aryl methyl sites for hydroxylation is 1. The highest BCUT2D eigenvalue weighted by Gasteiger charge is 2.00. The fourth-order valence-electron chi connectivity index (χ4n) is 0.881. The van der Waals surface area contributed by atoms with Gasteiger partial charge in [-0.2, -0.15) is 0 Å². The van der Waals surface area contributed by atoms with Gasteiger partial charge in [0.05, 0.1) is 10.7 Å². The van der Waals surface area contributed by atoms with Crippen LogP contribution in [0.1, 0.15) is 5.56 Å². The van der Waals surface area contributed by atoms with Crippen LogP contribution in [0.5, 0.6) is 0 Å². The Morgan fingerprint density at radius 2 is 2.23 bits per heavy atom. The minimum absolute atomic E-state index is 0.118. The summed E-state index contributed by atoms with van der Waals surface area (Å²) in [5.74, 6) is 0.118. The van der Waals surface area contributed by atoms with Crippen molar-refractivity contribution in [1.29, 1.82) is 0 Å². The SMILES string of the molecule is Cc1ccc(NC(N)=NCl)c(Cl)c1. The quantitative estimate of drug-likeness (QED) is 0.562. The Kier molecular flexibility index (Phi) is 3.39. The Bertz CT molecular complexity index is 336. The molecule has 5 heteroatoms. The molecule has 0 atom stereocenters. The zero-order valence-electron chi connectivity index (χ0n) is 7.01. The lowest BCUT2D eigenvalue weighted by Gasteiger charge is -2.06. The monoisotopic (exact) mass is 217 g/mol. The Hall–Kier alpha value is -0.930. The lowest BCUT2D eigenvalue weighted by Crippen LogP contribution is -2.21. The number of hydrogen-bond acceptors (Lipinski definition) is 1. The van der Waals surface area contributed by atoms with Crippen molar-refractivity contribution < 1.29 is 0 Å². The molecule has 0 aliphatic rings. The van der Waals surface area contributed by atoms with E-state index in [1.165, 1.54) is 0 Å². The van der Waals surface area contributed by atoms with Crippen LogP contribution in [-0.2, 0) is 0 Å². The number of hydrogen-bond donors (Lipinski definition) is 2. The van der Waals surface area contributed by atoms with Crippen molar-refractivity contribution in [3.8, 4) is 0 Å². The van der Waals surface area contributed by atoms with Crippen molar-refractivity contribution in [3.63, 3.8) is 0 Å². The van der Waals surface area contributed by atoms with E-state index in [2.05, 4.69) is 9.83 Å². The maximum Gasteiger partial charge on any atom is 0.210 e. The average molecular weight is 218 g/mol. The first-order valence-electron chi connectivity index (χ1n) is 3.61. The summed E-state index contributed by atoms with van der Waals surface area (Å²) in [4.78, 5) is 0. The second-order valence-corrected chi connectivity index (χ2v) is 3.15. The summed E-state index contributed by atoms with van der Waals surface area (Å²) in [5.41, 5.74) is 7.13. The first-order chi connectivity index (χ1) is 6.13. The highest BCUT2D eigenvalue weighted by Crippen LogP contribution is 2.22. The predicted molar refractivity (Wildman–Crippen MR) is 57.3 cm³/mol. The molecule has 0 radical (unpaired) electrons. The molecule has 0 spiro atoms. The van der Waals surface area contributed by atoms with Crippen molar-refractivity contribution in [1.82, 2.24) is 0 Å². The number of benzene rings is 1. The van der Waals surface area contributed by atoms with E-state index in [-0.39, 0.29) is 5.96 Å². The Balaban J connectivity index is 2.90. The van der Waals surface area contributed by atoms with Gasteiger partial charge in [-0.1, -0.05) is 17.7 Å². The second kappa shape index (κ2) is 4.35. The topological polar surface area (TPSA) is 50.4 Å². The highest BCUT2D eigenvalue weighted by atomic mass is 35.5. The summed E-state index contributed by atoms with van der Waals surface area (Å²) in [6.45, 7) is 1.95. The first kappa shape index (κ1) is 10.2. The second-order valence-electron chi connectivity index (χ2n) is 2.58. The summed E-state index contributed by atoms with van der Waals surface area (Å²) in [5, 5.41) is 3.34. The number of nitrogens with two attached hydrogens (primary N) is 1. The van der Waals surface area contributed by atoms with Crippen LogP contribution in [0.3, 0.4) is 0 Å². The smallest absolute Gasteiger partial charge is 0.210 e. The number of anilines is 1. The molecule has 3 N–H and O–H groups in total. The molecule has 0 heterocycles. The van der Waals surface area contributed by atoms with Crippen molar-refractivity contribution in [2.24, 2.45) is 10.2 Å². The van der Waals surface area contributed by atoms with Gasteiger partial charge in [0.15, 0.2) is 0 Å². The van der Waals surface area contributed by atoms with Gasteiger partial charge in [0, 0.05) is 11.8 Å². The fraction of sp³-hybridized carbons (Fsp3) is 0.125. The molecule has 0 aliphatic carbocycles. The number of guanidine groups is 1. The molecule has 1 aromatic rings. The molecule has 13 heavy (non-hydrogen) atoms. The largest absolute Gasteiger partial charge is 0.369 e. The lowest BCUT2D eigenvalue weighted by molar-refractivity contribution is 1.45. The Morgan fingerprint density at radius 1 is 1.54 bits per heavy atom. The number of rotatable bonds is 1. The average Bonchev–Trinajstić information content (AvgIpc) is 2.09. The van der Waals surface area contributed by atoms with Gasteiger partial charge in [-0.25, -0.2) is 0 Å². The van der Waals surface area contributed by atoms with E-state index in [9.17, 15) is 0 Å². The van der Waals surface area contributed by atoms with Gasteiger partial charge in [0.2, 0.25) is 5.96 Å². The molecule has 0 unspecified atom stereocenters. The van der Waals surface area contributed by atoms with Crippen molar-refractivity contribution in [2.45, 2.75) is 6.92 Å². The van der Waals surface area contributed by atoms with E-state index in [4.69, 9.17) is 29.1 Å². The minimum atomic E-state index is 0.118. The van der Waals surface area contributed by atoms with Gasteiger partial charge >= 0.3 is 0 Å². The summed E-state index contributed by atoms with van der Waals surface area (Å²) in [6, 6.07) is 5.55. The van der Waals surface area contributed by atoms with E-state index in [1.54, 1.807) is 0 Å². The fourth-order valence-corrected chi connectivity index (χ4v) is 1.21. The number of halogens is 2. The van der Waals surface area contributed by atoms with Gasteiger partial charge in [0.25, 0.3) is 0 Å². The summed E-state index contributed by atoms with van der Waals surface area (Å²) in [7, 11) is 0. The van der Waals surface area contributed by atoms with E-state index in [1.807, 2.05) is 25.1 Å². The normalized spacial score (nSPS) is 11.5. The molecule has 70 valence electrons. The lowest BCUT2D eigenvalue weighted by atomic mass is 10.2. The van der Waals surface area contributed by atoms with Crippen molar-refractivity contribution in [2.75, 3.05) is 5.32 Å². The van der Waals surface area contributed by atoms with Crippen molar-refractivity contribution >= 4 is 35.0 Å². The zero-order valence-corrected chi connectivity index (χ0v) is 8.52. The minimum Gasteiger partial charge on any atom is -0.369 e. The highest BCUT2D eigenvalue weighted by molar-refractivity contribution is 6.34. The molecule has 0 amide bonds. The predicted octanol–water partition coefficient (Wildman–Crippen LogP) is 2.53. The third-order valence-electron chi connectivity index (χ3n) is 1.48. The van der Waals surface area contributed by atoms with Crippen molar-refractivity contribution in [3.05, 3.63) is 28.8 Å². The maximum absolute atomic E-state index is 5.91. The molecule has 0 aromatic heterocycles. The van der Waals surface area contributed by atoms with Crippen LogP contribution >= 0.6 is 23.4 Å². The number of nitrogens with one attached hydrogen (secondary N) is 1. The summed E-state index contributed by atoms with van der Waals surface area (Å²) >= 11 is 11.1. The van der Waals surface area contributed by atoms with E-state index in [0.717, 1.165) is 5.56 Å². The molecule has 0 bridgehead atoms. The molecule has 1 rings (SSSR count). The standard InChI is InChI=1S/C8H9Cl2N3/c1-5-2-3-7(6(9)4-5)12-8(11)13-10/h2-4H,1H3,(H3,11,12,13). The van der Waals surface area contributed by atoms with Gasteiger partial charge in [-0.15, -0.1) is 4.51 Å².